The summed E-state index contributed by atoms with van der Waals surface area (Å²) in [5, 5.41) is 0. The van der Waals surface area contributed by atoms with Crippen LogP contribution in [0.2, 0.25) is 0 Å². The number of ketones is 1. The highest BCUT2D eigenvalue weighted by Gasteiger charge is 2.33. The molecule has 0 N–H and O–H groups in total. The van der Waals surface area contributed by atoms with Gasteiger partial charge in [0.1, 0.15) is 35.1 Å². The SMILES string of the molecule is CCCCCCOC(C)(C)C(=O)CCC(=O)OC(C)C(C)Oc1ccc(C(=O)Oc2ccc(OC(=O)C3CCC(C4CCC(C)CC4)CC3)cc2)cc1. The molecule has 0 radical (unpaired) electrons. The Hall–Kier alpha value is -3.72. The maximum Gasteiger partial charge on any atom is 0.343 e. The Morgan fingerprint density at radius 2 is 1.26 bits per heavy atom. The predicted octanol–water partition coefficient (Wildman–Crippen LogP) is 9.87. The van der Waals surface area contributed by atoms with Crippen molar-refractivity contribution in [2.45, 2.75) is 149 Å². The number of esters is 3. The lowest BCUT2D eigenvalue weighted by molar-refractivity contribution is -0.154. The quantitative estimate of drug-likeness (QED) is 0.0790. The van der Waals surface area contributed by atoms with E-state index in [2.05, 4.69) is 13.8 Å². The third-order valence-corrected chi connectivity index (χ3v) is 11.2. The Morgan fingerprint density at radius 1 is 0.698 bits per heavy atom. The molecular formula is C44H62O9. The van der Waals surface area contributed by atoms with Crippen molar-refractivity contribution in [3.63, 3.8) is 0 Å². The number of ether oxygens (including phenoxy) is 5. The van der Waals surface area contributed by atoms with Crippen LogP contribution in [0.25, 0.3) is 0 Å². The molecule has 2 aliphatic rings. The van der Waals surface area contributed by atoms with E-state index in [1.54, 1.807) is 76.2 Å². The van der Waals surface area contributed by atoms with E-state index in [0.717, 1.165) is 69.1 Å². The van der Waals surface area contributed by atoms with Gasteiger partial charge in [-0.3, -0.25) is 14.4 Å². The summed E-state index contributed by atoms with van der Waals surface area (Å²) in [5.41, 5.74) is -0.615. The molecule has 53 heavy (non-hydrogen) atoms. The smallest absolute Gasteiger partial charge is 0.343 e. The number of benzene rings is 2. The van der Waals surface area contributed by atoms with E-state index < -0.39 is 29.7 Å². The molecule has 0 saturated heterocycles. The number of hydrogen-bond acceptors (Lipinski definition) is 9. The average molecular weight is 735 g/mol. The zero-order chi connectivity index (χ0) is 38.4. The van der Waals surface area contributed by atoms with Crippen LogP contribution in [0.3, 0.4) is 0 Å². The van der Waals surface area contributed by atoms with Crippen molar-refractivity contribution in [2.24, 2.45) is 23.7 Å². The van der Waals surface area contributed by atoms with E-state index in [1.165, 1.54) is 25.7 Å². The van der Waals surface area contributed by atoms with Crippen LogP contribution in [0, 0.1) is 23.7 Å². The summed E-state index contributed by atoms with van der Waals surface area (Å²) in [6, 6.07) is 13.0. The number of rotatable bonds is 19. The van der Waals surface area contributed by atoms with Gasteiger partial charge in [-0.25, -0.2) is 4.79 Å². The minimum atomic E-state index is -0.944. The van der Waals surface area contributed by atoms with Gasteiger partial charge in [0.2, 0.25) is 0 Å². The lowest BCUT2D eigenvalue weighted by Crippen LogP contribution is -2.36. The molecule has 0 amide bonds. The molecule has 2 atom stereocenters. The summed E-state index contributed by atoms with van der Waals surface area (Å²) in [6.07, 6.45) is 12.5. The first-order chi connectivity index (χ1) is 25.3. The van der Waals surface area contributed by atoms with Gasteiger partial charge in [-0.1, -0.05) is 46.0 Å². The van der Waals surface area contributed by atoms with E-state index in [0.29, 0.717) is 29.4 Å². The van der Waals surface area contributed by atoms with Crippen LogP contribution in [0.15, 0.2) is 48.5 Å². The van der Waals surface area contributed by atoms with Crippen LogP contribution in [0.5, 0.6) is 17.2 Å². The Bertz CT molecular complexity index is 1450. The van der Waals surface area contributed by atoms with Crippen molar-refractivity contribution in [3.8, 4) is 17.2 Å². The monoisotopic (exact) mass is 734 g/mol. The Labute approximate surface area is 316 Å². The fourth-order valence-corrected chi connectivity index (χ4v) is 7.32. The summed E-state index contributed by atoms with van der Waals surface area (Å²) in [7, 11) is 0. The maximum absolute atomic E-state index is 12.9. The molecule has 2 saturated carbocycles. The number of unbranched alkanes of at least 4 members (excludes halogenated alkanes) is 3. The highest BCUT2D eigenvalue weighted by molar-refractivity contribution is 5.91. The van der Waals surface area contributed by atoms with E-state index in [4.69, 9.17) is 23.7 Å². The van der Waals surface area contributed by atoms with Crippen molar-refractivity contribution in [3.05, 3.63) is 54.1 Å². The topological polar surface area (TPSA) is 114 Å². The van der Waals surface area contributed by atoms with E-state index in [1.807, 2.05) is 0 Å². The largest absolute Gasteiger partial charge is 0.487 e. The summed E-state index contributed by atoms with van der Waals surface area (Å²) < 4.78 is 28.5. The molecule has 0 aliphatic heterocycles. The molecular weight excluding hydrogens is 672 g/mol. The lowest BCUT2D eigenvalue weighted by Gasteiger charge is -2.36. The van der Waals surface area contributed by atoms with Crippen LogP contribution < -0.4 is 14.2 Å². The highest BCUT2D eigenvalue weighted by atomic mass is 16.6. The van der Waals surface area contributed by atoms with Gasteiger partial charge in [0.15, 0.2) is 5.78 Å². The molecule has 0 heterocycles. The van der Waals surface area contributed by atoms with Gasteiger partial charge in [-0.05, 0) is 139 Å². The summed E-state index contributed by atoms with van der Waals surface area (Å²) in [6.45, 7) is 12.0. The summed E-state index contributed by atoms with van der Waals surface area (Å²) >= 11 is 0. The first-order valence-corrected chi connectivity index (χ1v) is 20.0. The van der Waals surface area contributed by atoms with Gasteiger partial charge in [0, 0.05) is 13.0 Å². The van der Waals surface area contributed by atoms with Crippen LogP contribution in [-0.4, -0.2) is 48.1 Å². The van der Waals surface area contributed by atoms with Gasteiger partial charge in [-0.2, -0.15) is 0 Å². The Morgan fingerprint density at radius 3 is 1.87 bits per heavy atom. The van der Waals surface area contributed by atoms with Crippen molar-refractivity contribution < 1.29 is 42.9 Å². The molecule has 2 fully saturated rings. The van der Waals surface area contributed by atoms with Crippen LogP contribution in [-0.2, 0) is 23.9 Å². The lowest BCUT2D eigenvalue weighted by atomic mass is 9.69. The number of hydrogen-bond donors (Lipinski definition) is 0. The number of carbonyl (C=O) groups is 4. The van der Waals surface area contributed by atoms with Crippen molar-refractivity contribution in [2.75, 3.05) is 6.61 Å². The Balaban J connectivity index is 1.14. The fraction of sp³-hybridized carbons (Fsp3) is 0.636. The first kappa shape index (κ1) is 42.0. The molecule has 2 aliphatic carbocycles. The zero-order valence-corrected chi connectivity index (χ0v) is 32.9. The van der Waals surface area contributed by atoms with E-state index >= 15 is 0 Å². The predicted molar refractivity (Wildman–Crippen MR) is 204 cm³/mol. The molecule has 9 heteroatoms. The van der Waals surface area contributed by atoms with E-state index in [9.17, 15) is 19.2 Å². The molecule has 2 aromatic rings. The van der Waals surface area contributed by atoms with Gasteiger partial charge in [0.25, 0.3) is 0 Å². The molecule has 292 valence electrons. The normalized spacial score (nSPS) is 21.5. The number of carbonyl (C=O) groups excluding carboxylic acids is 4. The van der Waals surface area contributed by atoms with Gasteiger partial charge in [0.05, 0.1) is 17.9 Å². The average Bonchev–Trinajstić information content (AvgIpc) is 3.15. The fourth-order valence-electron chi connectivity index (χ4n) is 7.32. The standard InChI is InChI=1S/C44H62O9/c1-7-8-9-10-29-49-44(5,6)40(45)27-28-41(46)51-32(4)31(3)50-37-21-19-36(20-22-37)43(48)53-39-25-23-38(24-26-39)52-42(47)35-17-15-34(16-18-35)33-13-11-30(2)12-14-33/h19-26,30-35H,7-18,27-29H2,1-6H3. The van der Waals surface area contributed by atoms with Crippen LogP contribution in [0.4, 0.5) is 0 Å². The number of Topliss-reactive ketones (excluding diaryl/α,β-unsaturated/α-hetero) is 1. The first-order valence-electron chi connectivity index (χ1n) is 20.0. The molecule has 2 aromatic carbocycles. The van der Waals surface area contributed by atoms with Gasteiger partial charge in [-0.15, -0.1) is 0 Å². The van der Waals surface area contributed by atoms with Gasteiger partial charge >= 0.3 is 17.9 Å². The minimum absolute atomic E-state index is 0.0378. The van der Waals surface area contributed by atoms with E-state index in [-0.39, 0.29) is 30.5 Å². The molecule has 0 bridgehead atoms. The van der Waals surface area contributed by atoms with Crippen molar-refractivity contribution in [1.82, 2.24) is 0 Å². The van der Waals surface area contributed by atoms with Gasteiger partial charge < -0.3 is 23.7 Å². The molecule has 4 rings (SSSR count). The van der Waals surface area contributed by atoms with Crippen molar-refractivity contribution in [1.29, 1.82) is 0 Å². The second-order valence-electron chi connectivity index (χ2n) is 15.8. The second kappa shape index (κ2) is 20.7. The molecule has 0 aromatic heterocycles. The Kier molecular flexibility index (Phi) is 16.4. The molecule has 2 unspecified atom stereocenters. The third kappa shape index (κ3) is 13.6. The second-order valence-corrected chi connectivity index (χ2v) is 15.8. The zero-order valence-electron chi connectivity index (χ0n) is 32.9. The summed E-state index contributed by atoms with van der Waals surface area (Å²) in [5.74, 6) is 2.28. The highest BCUT2D eigenvalue weighted by Crippen LogP contribution is 2.41. The third-order valence-electron chi connectivity index (χ3n) is 11.2. The van der Waals surface area contributed by atoms with Crippen LogP contribution >= 0.6 is 0 Å². The van der Waals surface area contributed by atoms with Crippen molar-refractivity contribution >= 4 is 23.7 Å². The maximum atomic E-state index is 12.9. The minimum Gasteiger partial charge on any atom is -0.487 e. The molecule has 9 nitrogen and oxygen atoms in total. The van der Waals surface area contributed by atoms with Crippen LogP contribution in [0.1, 0.15) is 142 Å². The molecule has 0 spiro atoms. The summed E-state index contributed by atoms with van der Waals surface area (Å²) in [4.78, 5) is 50.9.